The highest BCUT2D eigenvalue weighted by Crippen LogP contribution is 2.65. The van der Waals surface area contributed by atoms with Gasteiger partial charge in [-0.1, -0.05) is 48.5 Å². The van der Waals surface area contributed by atoms with Crippen molar-refractivity contribution in [3.05, 3.63) is 0 Å². The van der Waals surface area contributed by atoms with Crippen molar-refractivity contribution < 1.29 is 4.79 Å². The molecule has 0 aromatic heterocycles. The summed E-state index contributed by atoms with van der Waals surface area (Å²) >= 11 is 0. The molecule has 0 aromatic carbocycles. The van der Waals surface area contributed by atoms with Crippen LogP contribution in [-0.4, -0.2) is 5.78 Å². The van der Waals surface area contributed by atoms with E-state index in [-0.39, 0.29) is 10.8 Å². The molecule has 1 aliphatic rings. The molecule has 1 heteroatoms. The predicted molar refractivity (Wildman–Crippen MR) is 64.7 cm³/mol. The van der Waals surface area contributed by atoms with Gasteiger partial charge in [0.05, 0.1) is 0 Å². The first-order valence-electron chi connectivity index (χ1n) is 6.20. The molecule has 0 radical (unpaired) electrons. The van der Waals surface area contributed by atoms with Gasteiger partial charge in [-0.05, 0) is 24.2 Å². The summed E-state index contributed by atoms with van der Waals surface area (Å²) in [5.74, 6) is 2.29. The van der Waals surface area contributed by atoms with E-state index < -0.39 is 0 Å². The van der Waals surface area contributed by atoms with Crippen molar-refractivity contribution in [1.82, 2.24) is 0 Å². The van der Waals surface area contributed by atoms with Gasteiger partial charge >= 0.3 is 0 Å². The average molecular weight is 210 g/mol. The van der Waals surface area contributed by atoms with E-state index in [4.69, 9.17) is 0 Å². The Hall–Kier alpha value is -0.330. The van der Waals surface area contributed by atoms with Gasteiger partial charge in [-0.15, -0.1) is 0 Å². The summed E-state index contributed by atoms with van der Waals surface area (Å²) < 4.78 is 0. The third kappa shape index (κ3) is 1.74. The molecule has 0 amide bonds. The molecule has 0 aliphatic heterocycles. The lowest BCUT2D eigenvalue weighted by atomic mass is 9.73. The summed E-state index contributed by atoms with van der Waals surface area (Å²) in [5.41, 5.74) is -0.151. The topological polar surface area (TPSA) is 17.1 Å². The Morgan fingerprint density at radius 2 is 1.47 bits per heavy atom. The first-order valence-corrected chi connectivity index (χ1v) is 6.20. The zero-order valence-corrected chi connectivity index (χ0v) is 11.3. The van der Waals surface area contributed by atoms with Crippen LogP contribution in [0.4, 0.5) is 0 Å². The fourth-order valence-electron chi connectivity index (χ4n) is 3.14. The molecule has 1 nitrogen and oxygen atoms in total. The Bertz CT molecular complexity index is 263. The van der Waals surface area contributed by atoms with Crippen LogP contribution < -0.4 is 0 Å². The van der Waals surface area contributed by atoms with Crippen molar-refractivity contribution in [2.24, 2.45) is 28.6 Å². The lowest BCUT2D eigenvalue weighted by Gasteiger charge is -2.30. The molecule has 1 saturated carbocycles. The van der Waals surface area contributed by atoms with Gasteiger partial charge < -0.3 is 0 Å². The van der Waals surface area contributed by atoms with Crippen LogP contribution in [0.2, 0.25) is 0 Å². The van der Waals surface area contributed by atoms with E-state index in [0.717, 1.165) is 0 Å². The van der Waals surface area contributed by atoms with Crippen molar-refractivity contribution in [3.8, 4) is 0 Å². The third-order valence-corrected chi connectivity index (χ3v) is 4.55. The smallest absolute Gasteiger partial charge is 0.146 e. The normalized spacial score (nSPS) is 31.1. The van der Waals surface area contributed by atoms with Crippen LogP contribution >= 0.6 is 0 Å². The zero-order chi connectivity index (χ0) is 12.0. The van der Waals surface area contributed by atoms with Gasteiger partial charge in [0, 0.05) is 10.8 Å². The fraction of sp³-hybridized carbons (Fsp3) is 0.929. The first-order chi connectivity index (χ1) is 6.65. The Labute approximate surface area is 94.6 Å². The highest BCUT2D eigenvalue weighted by atomic mass is 16.1. The summed E-state index contributed by atoms with van der Waals surface area (Å²) in [6, 6.07) is 0. The number of hydrogen-bond acceptors (Lipinski definition) is 1. The van der Waals surface area contributed by atoms with Crippen LogP contribution in [0.1, 0.15) is 54.9 Å². The van der Waals surface area contributed by atoms with E-state index in [2.05, 4.69) is 48.5 Å². The Morgan fingerprint density at radius 3 is 1.67 bits per heavy atom. The van der Waals surface area contributed by atoms with Crippen molar-refractivity contribution in [2.75, 3.05) is 0 Å². The molecule has 0 saturated heterocycles. The summed E-state index contributed by atoms with van der Waals surface area (Å²) in [4.78, 5) is 12.0. The SMILES string of the molecule is CC(C)CC(C(C)C)C1(C)C(=O)C1(C)C. The summed E-state index contributed by atoms with van der Waals surface area (Å²) in [5, 5.41) is 0. The van der Waals surface area contributed by atoms with Crippen LogP contribution in [0, 0.1) is 28.6 Å². The molecule has 0 bridgehead atoms. The van der Waals surface area contributed by atoms with Gasteiger partial charge in [0.1, 0.15) is 5.78 Å². The molecular weight excluding hydrogens is 184 g/mol. The molecule has 2 atom stereocenters. The Balaban J connectivity index is 2.88. The molecule has 2 unspecified atom stereocenters. The van der Waals surface area contributed by atoms with E-state index in [1.165, 1.54) is 6.42 Å². The molecular formula is C14H26O. The van der Waals surface area contributed by atoms with Gasteiger partial charge in [-0.3, -0.25) is 4.79 Å². The largest absolute Gasteiger partial charge is 0.298 e. The molecule has 0 spiro atoms. The Morgan fingerprint density at radius 1 is 1.07 bits per heavy atom. The predicted octanol–water partition coefficient (Wildman–Crippen LogP) is 3.92. The number of hydrogen-bond donors (Lipinski definition) is 0. The van der Waals surface area contributed by atoms with Crippen LogP contribution in [0.3, 0.4) is 0 Å². The minimum atomic E-state index is -0.0865. The van der Waals surface area contributed by atoms with Crippen LogP contribution in [0.5, 0.6) is 0 Å². The molecule has 15 heavy (non-hydrogen) atoms. The number of ketones is 1. The number of carbonyl (C=O) groups is 1. The first kappa shape index (κ1) is 12.7. The monoisotopic (exact) mass is 210 g/mol. The minimum Gasteiger partial charge on any atom is -0.298 e. The second-order valence-corrected chi connectivity index (χ2v) is 6.64. The summed E-state index contributed by atoms with van der Waals surface area (Å²) in [6.45, 7) is 15.4. The number of carbonyl (C=O) groups excluding carboxylic acids is 1. The standard InChI is InChI=1S/C14H26O/c1-9(2)8-11(10(3)4)14(7)12(15)13(14,5)6/h9-11H,8H2,1-7H3. The molecule has 1 aliphatic carbocycles. The van der Waals surface area contributed by atoms with Gasteiger partial charge in [-0.25, -0.2) is 0 Å². The van der Waals surface area contributed by atoms with Crippen molar-refractivity contribution in [3.63, 3.8) is 0 Å². The second-order valence-electron chi connectivity index (χ2n) is 6.64. The van der Waals surface area contributed by atoms with E-state index in [0.29, 0.717) is 23.5 Å². The van der Waals surface area contributed by atoms with Crippen molar-refractivity contribution in [1.29, 1.82) is 0 Å². The Kier molecular flexibility index (Phi) is 3.06. The minimum absolute atomic E-state index is 0.0641. The summed E-state index contributed by atoms with van der Waals surface area (Å²) in [6.07, 6.45) is 1.17. The van der Waals surface area contributed by atoms with Gasteiger partial charge in [-0.2, -0.15) is 0 Å². The lowest BCUT2D eigenvalue weighted by Crippen LogP contribution is -2.25. The molecule has 0 N–H and O–H groups in total. The number of Topliss-reactive ketones (excluding diaryl/α,β-unsaturated/α-hetero) is 1. The van der Waals surface area contributed by atoms with E-state index in [1.54, 1.807) is 0 Å². The maximum atomic E-state index is 12.0. The van der Waals surface area contributed by atoms with Gasteiger partial charge in [0.2, 0.25) is 0 Å². The molecule has 88 valence electrons. The van der Waals surface area contributed by atoms with Crippen LogP contribution in [0.25, 0.3) is 0 Å². The second kappa shape index (κ2) is 3.61. The van der Waals surface area contributed by atoms with Crippen LogP contribution in [-0.2, 0) is 4.79 Å². The van der Waals surface area contributed by atoms with E-state index >= 15 is 0 Å². The van der Waals surface area contributed by atoms with Crippen molar-refractivity contribution in [2.45, 2.75) is 54.9 Å². The van der Waals surface area contributed by atoms with Crippen molar-refractivity contribution >= 4 is 5.78 Å². The maximum absolute atomic E-state index is 12.0. The summed E-state index contributed by atoms with van der Waals surface area (Å²) in [7, 11) is 0. The van der Waals surface area contributed by atoms with Gasteiger partial charge in [0.15, 0.2) is 0 Å². The average Bonchev–Trinajstić information content (AvgIpc) is 2.46. The lowest BCUT2D eigenvalue weighted by molar-refractivity contribution is -0.115. The number of rotatable bonds is 4. The van der Waals surface area contributed by atoms with Crippen LogP contribution in [0.15, 0.2) is 0 Å². The highest BCUT2D eigenvalue weighted by Gasteiger charge is 2.71. The highest BCUT2D eigenvalue weighted by molar-refractivity contribution is 6.07. The molecule has 1 rings (SSSR count). The zero-order valence-electron chi connectivity index (χ0n) is 11.3. The molecule has 0 heterocycles. The van der Waals surface area contributed by atoms with E-state index in [9.17, 15) is 4.79 Å². The van der Waals surface area contributed by atoms with Gasteiger partial charge in [0.25, 0.3) is 0 Å². The fourth-order valence-corrected chi connectivity index (χ4v) is 3.14. The quantitative estimate of drug-likeness (QED) is 0.687. The molecule has 0 aromatic rings. The molecule has 1 fully saturated rings. The maximum Gasteiger partial charge on any atom is 0.146 e. The van der Waals surface area contributed by atoms with E-state index in [1.807, 2.05) is 0 Å². The third-order valence-electron chi connectivity index (χ3n) is 4.55.